The Morgan fingerprint density at radius 3 is 2.80 bits per heavy atom. The number of amides is 1. The quantitative estimate of drug-likeness (QED) is 0.875. The van der Waals surface area contributed by atoms with Gasteiger partial charge in [0, 0.05) is 17.7 Å². The lowest BCUT2D eigenvalue weighted by molar-refractivity contribution is 0.0990. The van der Waals surface area contributed by atoms with Crippen molar-refractivity contribution in [1.82, 2.24) is 4.98 Å². The molecule has 20 heavy (non-hydrogen) atoms. The summed E-state index contributed by atoms with van der Waals surface area (Å²) in [5, 5.41) is 0. The van der Waals surface area contributed by atoms with Gasteiger partial charge >= 0.3 is 0 Å². The van der Waals surface area contributed by atoms with Gasteiger partial charge in [0.15, 0.2) is 0 Å². The predicted molar refractivity (Wildman–Crippen MR) is 82.1 cm³/mol. The molecule has 2 aromatic rings. The van der Waals surface area contributed by atoms with Crippen molar-refractivity contribution in [3.05, 3.63) is 46.7 Å². The summed E-state index contributed by atoms with van der Waals surface area (Å²) < 4.78 is 6.02. The average Bonchev–Trinajstić information content (AvgIpc) is 2.45. The molecule has 5 nitrogen and oxygen atoms in total. The minimum absolute atomic E-state index is 0.210. The maximum atomic E-state index is 12.5. The van der Waals surface area contributed by atoms with Crippen molar-refractivity contribution in [3.63, 3.8) is 0 Å². The Bertz CT molecular complexity index is 646. The normalized spacial score (nSPS) is 10.2. The highest BCUT2D eigenvalue weighted by Crippen LogP contribution is 2.28. The predicted octanol–water partition coefficient (Wildman–Crippen LogP) is 2.71. The van der Waals surface area contributed by atoms with Gasteiger partial charge in [-0.15, -0.1) is 0 Å². The van der Waals surface area contributed by atoms with Crippen LogP contribution in [0.25, 0.3) is 0 Å². The number of halogens is 1. The SMILES string of the molecule is COc1cnccc1C(=O)N(C)c1ccc(Br)cc1N. The molecule has 6 heteroatoms. The van der Waals surface area contributed by atoms with Gasteiger partial charge in [0.2, 0.25) is 0 Å². The van der Waals surface area contributed by atoms with Crippen molar-refractivity contribution < 1.29 is 9.53 Å². The van der Waals surface area contributed by atoms with E-state index in [0.717, 1.165) is 4.47 Å². The van der Waals surface area contributed by atoms with E-state index in [4.69, 9.17) is 10.5 Å². The Balaban J connectivity index is 2.37. The maximum absolute atomic E-state index is 12.5. The number of nitrogen functional groups attached to an aromatic ring is 1. The lowest BCUT2D eigenvalue weighted by atomic mass is 10.2. The highest BCUT2D eigenvalue weighted by Gasteiger charge is 2.19. The zero-order valence-electron chi connectivity index (χ0n) is 11.1. The topological polar surface area (TPSA) is 68.5 Å². The number of carbonyl (C=O) groups excluding carboxylic acids is 1. The number of rotatable bonds is 3. The van der Waals surface area contributed by atoms with Gasteiger partial charge < -0.3 is 15.4 Å². The smallest absolute Gasteiger partial charge is 0.261 e. The molecule has 0 aliphatic carbocycles. The molecule has 2 rings (SSSR count). The van der Waals surface area contributed by atoms with Crippen molar-refractivity contribution in [2.45, 2.75) is 0 Å². The molecule has 0 aliphatic heterocycles. The summed E-state index contributed by atoms with van der Waals surface area (Å²) in [6, 6.07) is 6.99. The second-order valence-corrected chi connectivity index (χ2v) is 5.06. The summed E-state index contributed by atoms with van der Waals surface area (Å²) in [7, 11) is 3.17. The average molecular weight is 336 g/mol. The van der Waals surface area contributed by atoms with Crippen LogP contribution in [0.1, 0.15) is 10.4 Å². The second kappa shape index (κ2) is 5.92. The van der Waals surface area contributed by atoms with Gasteiger partial charge in [-0.1, -0.05) is 15.9 Å². The number of hydrogen-bond acceptors (Lipinski definition) is 4. The highest BCUT2D eigenvalue weighted by atomic mass is 79.9. The molecule has 0 atom stereocenters. The zero-order valence-corrected chi connectivity index (χ0v) is 12.7. The van der Waals surface area contributed by atoms with Gasteiger partial charge in [0.25, 0.3) is 5.91 Å². The van der Waals surface area contributed by atoms with E-state index in [9.17, 15) is 4.79 Å². The van der Waals surface area contributed by atoms with Crippen molar-refractivity contribution in [3.8, 4) is 5.75 Å². The summed E-state index contributed by atoms with van der Waals surface area (Å²) in [6.07, 6.45) is 3.06. The lowest BCUT2D eigenvalue weighted by Gasteiger charge is -2.20. The minimum atomic E-state index is -0.210. The van der Waals surface area contributed by atoms with Gasteiger partial charge in [0.1, 0.15) is 5.75 Å². The first-order valence-electron chi connectivity index (χ1n) is 5.85. The first kappa shape index (κ1) is 14.3. The van der Waals surface area contributed by atoms with E-state index in [2.05, 4.69) is 20.9 Å². The molecule has 0 fully saturated rings. The first-order chi connectivity index (χ1) is 9.54. The van der Waals surface area contributed by atoms with E-state index in [1.807, 2.05) is 6.07 Å². The van der Waals surface area contributed by atoms with Crippen LogP contribution in [-0.4, -0.2) is 25.0 Å². The van der Waals surface area contributed by atoms with E-state index in [-0.39, 0.29) is 5.91 Å². The number of anilines is 2. The van der Waals surface area contributed by atoms with Crippen molar-refractivity contribution in [1.29, 1.82) is 0 Å². The van der Waals surface area contributed by atoms with Gasteiger partial charge in [-0.2, -0.15) is 0 Å². The third kappa shape index (κ3) is 2.75. The van der Waals surface area contributed by atoms with E-state index >= 15 is 0 Å². The summed E-state index contributed by atoms with van der Waals surface area (Å²) in [6.45, 7) is 0. The van der Waals surface area contributed by atoms with Crippen LogP contribution >= 0.6 is 15.9 Å². The number of nitrogens with zero attached hydrogens (tertiary/aromatic N) is 2. The molecule has 0 spiro atoms. The number of pyridine rings is 1. The standard InChI is InChI=1S/C14H14BrN3O2/c1-18(12-4-3-9(15)7-11(12)16)14(19)10-5-6-17-8-13(10)20-2/h3-8H,16H2,1-2H3. The molecule has 1 amide bonds. The van der Waals surface area contributed by atoms with Crippen molar-refractivity contribution in [2.24, 2.45) is 0 Å². The number of methoxy groups -OCH3 is 1. The fourth-order valence-electron chi connectivity index (χ4n) is 1.84. The third-order valence-electron chi connectivity index (χ3n) is 2.89. The Morgan fingerprint density at radius 1 is 1.40 bits per heavy atom. The van der Waals surface area contributed by atoms with Gasteiger partial charge in [0.05, 0.1) is 30.2 Å². The molecule has 0 aliphatic rings. The number of aromatic nitrogens is 1. The van der Waals surface area contributed by atoms with Crippen LogP contribution in [0.15, 0.2) is 41.1 Å². The van der Waals surface area contributed by atoms with Crippen LogP contribution < -0.4 is 15.4 Å². The van der Waals surface area contributed by atoms with Gasteiger partial charge in [-0.05, 0) is 24.3 Å². The number of ether oxygens (including phenoxy) is 1. The fourth-order valence-corrected chi connectivity index (χ4v) is 2.22. The van der Waals surface area contributed by atoms with Crippen LogP contribution in [0.4, 0.5) is 11.4 Å². The van der Waals surface area contributed by atoms with E-state index < -0.39 is 0 Å². The number of carbonyl (C=O) groups is 1. The highest BCUT2D eigenvalue weighted by molar-refractivity contribution is 9.10. The molecule has 2 N–H and O–H groups in total. The van der Waals surface area contributed by atoms with E-state index in [1.54, 1.807) is 31.4 Å². The maximum Gasteiger partial charge on any atom is 0.261 e. The Kier molecular flexibility index (Phi) is 4.24. The summed E-state index contributed by atoms with van der Waals surface area (Å²) in [4.78, 5) is 17.9. The number of nitrogens with two attached hydrogens (primary N) is 1. The largest absolute Gasteiger partial charge is 0.494 e. The molecular weight excluding hydrogens is 322 g/mol. The van der Waals surface area contributed by atoms with E-state index in [0.29, 0.717) is 22.7 Å². The summed E-state index contributed by atoms with van der Waals surface area (Å²) in [5.74, 6) is 0.221. The molecule has 0 unspecified atom stereocenters. The molecule has 0 saturated carbocycles. The van der Waals surface area contributed by atoms with Crippen LogP contribution in [0.2, 0.25) is 0 Å². The summed E-state index contributed by atoms with van der Waals surface area (Å²) in [5.41, 5.74) is 7.53. The molecule has 104 valence electrons. The van der Waals surface area contributed by atoms with Crippen molar-refractivity contribution >= 4 is 33.2 Å². The third-order valence-corrected chi connectivity index (χ3v) is 3.38. The van der Waals surface area contributed by atoms with Gasteiger partial charge in [-0.25, -0.2) is 0 Å². The zero-order chi connectivity index (χ0) is 14.7. The monoisotopic (exact) mass is 335 g/mol. The van der Waals surface area contributed by atoms with Crippen molar-refractivity contribution in [2.75, 3.05) is 24.8 Å². The fraction of sp³-hybridized carbons (Fsp3) is 0.143. The Morgan fingerprint density at radius 2 is 2.15 bits per heavy atom. The van der Waals surface area contributed by atoms with Gasteiger partial charge in [-0.3, -0.25) is 9.78 Å². The number of benzene rings is 1. The van der Waals surface area contributed by atoms with Crippen LogP contribution in [0.3, 0.4) is 0 Å². The minimum Gasteiger partial charge on any atom is -0.494 e. The van der Waals surface area contributed by atoms with Crippen LogP contribution in [0.5, 0.6) is 5.75 Å². The van der Waals surface area contributed by atoms with Crippen LogP contribution in [-0.2, 0) is 0 Å². The summed E-state index contributed by atoms with van der Waals surface area (Å²) >= 11 is 3.34. The number of hydrogen-bond donors (Lipinski definition) is 1. The lowest BCUT2D eigenvalue weighted by Crippen LogP contribution is -2.27. The Hall–Kier alpha value is -2.08. The Labute approximate surface area is 125 Å². The molecule has 1 aromatic carbocycles. The molecule has 1 aromatic heterocycles. The van der Waals surface area contributed by atoms with Crippen LogP contribution in [0, 0.1) is 0 Å². The van der Waals surface area contributed by atoms with E-state index in [1.165, 1.54) is 18.2 Å². The molecular formula is C14H14BrN3O2. The molecule has 0 bridgehead atoms. The molecule has 1 heterocycles. The first-order valence-corrected chi connectivity index (χ1v) is 6.65. The second-order valence-electron chi connectivity index (χ2n) is 4.14. The molecule has 0 saturated heterocycles. The molecule has 0 radical (unpaired) electrons.